The molecule has 4 heterocycles. The Morgan fingerprint density at radius 1 is 1.06 bits per heavy atom. The van der Waals surface area contributed by atoms with Crippen molar-refractivity contribution in [3.05, 3.63) is 78.2 Å². The number of carbonyl (C=O) groups excluding carboxylic acids is 1. The number of nitrogens with zero attached hydrogens (tertiary/aromatic N) is 4. The fourth-order valence-corrected chi connectivity index (χ4v) is 4.31. The minimum atomic E-state index is -0.260. The van der Waals surface area contributed by atoms with Crippen molar-refractivity contribution in [3.63, 3.8) is 0 Å². The standard InChI is InChI=1S/C24H24N4O3/c1-30-23-10-9-17(13-26-23)14-27-16-19-12-21(27)24(29)28(15-18-6-4-5-11-25-18)20-7-2-3-8-22(20)31-19/h2-11,13,19,21H,12,14-16H2,1H3/t19-,21-/m0/s1. The van der Waals surface area contributed by atoms with E-state index in [0.29, 0.717) is 31.9 Å². The zero-order valence-corrected chi connectivity index (χ0v) is 17.3. The molecule has 0 unspecified atom stereocenters. The number of ether oxygens (including phenoxy) is 2. The number of likely N-dealkylation sites (tertiary alicyclic amines) is 1. The Hall–Kier alpha value is -3.45. The van der Waals surface area contributed by atoms with Gasteiger partial charge in [-0.2, -0.15) is 0 Å². The van der Waals surface area contributed by atoms with E-state index in [2.05, 4.69) is 14.9 Å². The fraction of sp³-hybridized carbons (Fsp3) is 0.292. The van der Waals surface area contributed by atoms with Crippen LogP contribution in [0.15, 0.2) is 67.0 Å². The average Bonchev–Trinajstić information content (AvgIpc) is 3.21. The van der Waals surface area contributed by atoms with Crippen LogP contribution in [0.1, 0.15) is 17.7 Å². The van der Waals surface area contributed by atoms with E-state index < -0.39 is 0 Å². The van der Waals surface area contributed by atoms with Crippen LogP contribution < -0.4 is 14.4 Å². The van der Waals surface area contributed by atoms with Gasteiger partial charge in [0, 0.05) is 38.0 Å². The quantitative estimate of drug-likeness (QED) is 0.637. The molecular formula is C24H24N4O3. The first kappa shape index (κ1) is 19.5. The predicted molar refractivity (Wildman–Crippen MR) is 116 cm³/mol. The zero-order valence-electron chi connectivity index (χ0n) is 17.3. The summed E-state index contributed by atoms with van der Waals surface area (Å²) in [7, 11) is 1.60. The highest BCUT2D eigenvalue weighted by atomic mass is 16.5. The third-order valence-electron chi connectivity index (χ3n) is 5.80. The number of anilines is 1. The van der Waals surface area contributed by atoms with Crippen LogP contribution in [0.4, 0.5) is 5.69 Å². The summed E-state index contributed by atoms with van der Waals surface area (Å²) in [5.41, 5.74) is 2.67. The number of benzene rings is 1. The van der Waals surface area contributed by atoms with Crippen LogP contribution in [0.3, 0.4) is 0 Å². The third kappa shape index (κ3) is 3.96. The molecule has 0 saturated carbocycles. The molecule has 2 aliphatic heterocycles. The van der Waals surface area contributed by atoms with Crippen LogP contribution in [0.5, 0.6) is 11.6 Å². The van der Waals surface area contributed by atoms with Crippen molar-refractivity contribution in [2.75, 3.05) is 18.6 Å². The summed E-state index contributed by atoms with van der Waals surface area (Å²) in [6.07, 6.45) is 4.18. The molecule has 0 spiro atoms. The number of carbonyl (C=O) groups is 1. The molecule has 3 aromatic rings. The van der Waals surface area contributed by atoms with Gasteiger partial charge in [0.25, 0.3) is 0 Å². The molecule has 0 radical (unpaired) electrons. The highest BCUT2D eigenvalue weighted by molar-refractivity contribution is 5.99. The number of para-hydroxylation sites is 2. The number of hydrogen-bond acceptors (Lipinski definition) is 6. The summed E-state index contributed by atoms with van der Waals surface area (Å²) < 4.78 is 11.5. The molecule has 5 rings (SSSR count). The SMILES string of the molecule is COc1ccc(CN2C[C@@H]3C[C@H]2C(=O)N(Cc2ccccn2)c2ccccc2O3)cn1. The van der Waals surface area contributed by atoms with Gasteiger partial charge in [-0.25, -0.2) is 4.98 Å². The number of fused-ring (bicyclic) bond motifs is 3. The highest BCUT2D eigenvalue weighted by Crippen LogP contribution is 2.37. The van der Waals surface area contributed by atoms with Gasteiger partial charge in [0.15, 0.2) is 0 Å². The molecule has 158 valence electrons. The fourth-order valence-electron chi connectivity index (χ4n) is 4.31. The van der Waals surface area contributed by atoms with Gasteiger partial charge in [0.1, 0.15) is 11.9 Å². The van der Waals surface area contributed by atoms with Gasteiger partial charge < -0.3 is 14.4 Å². The van der Waals surface area contributed by atoms with E-state index in [1.54, 1.807) is 19.5 Å². The van der Waals surface area contributed by atoms with Crippen LogP contribution in [0, 0.1) is 0 Å². The summed E-state index contributed by atoms with van der Waals surface area (Å²) in [6, 6.07) is 17.1. The summed E-state index contributed by atoms with van der Waals surface area (Å²) in [5, 5.41) is 0. The number of hydrogen-bond donors (Lipinski definition) is 0. The second-order valence-corrected chi connectivity index (χ2v) is 7.84. The molecule has 2 bridgehead atoms. The molecule has 0 aliphatic carbocycles. The highest BCUT2D eigenvalue weighted by Gasteiger charge is 2.42. The van der Waals surface area contributed by atoms with Crippen LogP contribution in [0.25, 0.3) is 0 Å². The topological polar surface area (TPSA) is 67.8 Å². The molecule has 1 fully saturated rings. The molecule has 2 aromatic heterocycles. The van der Waals surface area contributed by atoms with Crippen molar-refractivity contribution in [1.82, 2.24) is 14.9 Å². The van der Waals surface area contributed by atoms with Crippen molar-refractivity contribution in [3.8, 4) is 11.6 Å². The number of rotatable bonds is 5. The maximum absolute atomic E-state index is 13.8. The van der Waals surface area contributed by atoms with E-state index in [1.165, 1.54) is 0 Å². The Labute approximate surface area is 181 Å². The van der Waals surface area contributed by atoms with E-state index in [0.717, 1.165) is 22.7 Å². The maximum Gasteiger partial charge on any atom is 0.244 e. The number of pyridine rings is 2. The molecule has 7 heteroatoms. The Bertz CT molecular complexity index is 1060. The molecule has 1 saturated heterocycles. The van der Waals surface area contributed by atoms with Crippen molar-refractivity contribution in [2.24, 2.45) is 0 Å². The minimum Gasteiger partial charge on any atom is -0.487 e. The molecule has 2 atom stereocenters. The molecule has 0 N–H and O–H groups in total. The second-order valence-electron chi connectivity index (χ2n) is 7.84. The van der Waals surface area contributed by atoms with Crippen molar-refractivity contribution >= 4 is 11.6 Å². The average molecular weight is 416 g/mol. The molecular weight excluding hydrogens is 392 g/mol. The Morgan fingerprint density at radius 3 is 2.71 bits per heavy atom. The summed E-state index contributed by atoms with van der Waals surface area (Å²) in [5.74, 6) is 1.39. The van der Waals surface area contributed by atoms with Gasteiger partial charge in [0.05, 0.1) is 31.1 Å². The normalized spacial score (nSPS) is 20.5. The van der Waals surface area contributed by atoms with Crippen LogP contribution in [0.2, 0.25) is 0 Å². The van der Waals surface area contributed by atoms with E-state index in [-0.39, 0.29) is 18.1 Å². The van der Waals surface area contributed by atoms with Gasteiger partial charge in [-0.05, 0) is 29.8 Å². The Balaban J connectivity index is 1.45. The van der Waals surface area contributed by atoms with E-state index >= 15 is 0 Å². The van der Waals surface area contributed by atoms with Crippen molar-refractivity contribution < 1.29 is 14.3 Å². The number of methoxy groups -OCH3 is 1. The number of amides is 1. The lowest BCUT2D eigenvalue weighted by Gasteiger charge is -2.31. The first-order chi connectivity index (χ1) is 15.2. The Morgan fingerprint density at radius 2 is 1.94 bits per heavy atom. The summed E-state index contributed by atoms with van der Waals surface area (Å²) in [4.78, 5) is 26.5. The van der Waals surface area contributed by atoms with Crippen molar-refractivity contribution in [2.45, 2.75) is 31.7 Å². The van der Waals surface area contributed by atoms with E-state index in [4.69, 9.17) is 9.47 Å². The maximum atomic E-state index is 13.8. The van der Waals surface area contributed by atoms with Gasteiger partial charge in [-0.1, -0.05) is 24.3 Å². The zero-order chi connectivity index (χ0) is 21.2. The number of aromatic nitrogens is 2. The molecule has 7 nitrogen and oxygen atoms in total. The van der Waals surface area contributed by atoms with Crippen LogP contribution in [-0.4, -0.2) is 46.6 Å². The molecule has 2 aliphatic rings. The lowest BCUT2D eigenvalue weighted by molar-refractivity contribution is -0.123. The molecule has 1 amide bonds. The van der Waals surface area contributed by atoms with E-state index in [1.807, 2.05) is 59.5 Å². The van der Waals surface area contributed by atoms with Crippen molar-refractivity contribution in [1.29, 1.82) is 0 Å². The van der Waals surface area contributed by atoms with Crippen LogP contribution in [-0.2, 0) is 17.9 Å². The minimum absolute atomic E-state index is 0.0293. The first-order valence-electron chi connectivity index (χ1n) is 10.4. The molecule has 31 heavy (non-hydrogen) atoms. The van der Waals surface area contributed by atoms with Gasteiger partial charge >= 0.3 is 0 Å². The van der Waals surface area contributed by atoms with E-state index in [9.17, 15) is 4.79 Å². The van der Waals surface area contributed by atoms with Gasteiger partial charge in [-0.15, -0.1) is 0 Å². The van der Waals surface area contributed by atoms with Gasteiger partial charge in [0.2, 0.25) is 11.8 Å². The lowest BCUT2D eigenvalue weighted by atomic mass is 10.1. The largest absolute Gasteiger partial charge is 0.487 e. The predicted octanol–water partition coefficient (Wildman–Crippen LogP) is 3.05. The first-order valence-corrected chi connectivity index (χ1v) is 10.4. The Kier molecular flexibility index (Phi) is 5.26. The monoisotopic (exact) mass is 416 g/mol. The molecule has 1 aromatic carbocycles. The second kappa shape index (κ2) is 8.35. The van der Waals surface area contributed by atoms with Crippen LogP contribution >= 0.6 is 0 Å². The third-order valence-corrected chi connectivity index (χ3v) is 5.80. The summed E-state index contributed by atoms with van der Waals surface area (Å²) >= 11 is 0. The summed E-state index contributed by atoms with van der Waals surface area (Å²) in [6.45, 7) is 1.72. The lowest BCUT2D eigenvalue weighted by Crippen LogP contribution is -2.45. The van der Waals surface area contributed by atoms with Gasteiger partial charge in [-0.3, -0.25) is 14.7 Å². The smallest absolute Gasteiger partial charge is 0.244 e.